The molecule has 0 saturated carbocycles. The van der Waals surface area contributed by atoms with Crippen LogP contribution in [0.3, 0.4) is 0 Å². The molecule has 2 aliphatic heterocycles. The van der Waals surface area contributed by atoms with Crippen LogP contribution in [0.4, 0.5) is 0 Å². The zero-order chi connectivity index (χ0) is 21.9. The first-order chi connectivity index (χ1) is 14.7. The Bertz CT molecular complexity index is 538. The van der Waals surface area contributed by atoms with Gasteiger partial charge >= 0.3 is 45.5 Å². The standard InChI is InChI=1S/2C12H21N3.Sr.2H/c2*1-3-5-9-13-11-7-8-12(15-11)14-10-6-4-2;;;/h2*7-8H,3-6,9-10H2,1-2H3,(H,13,14,15);;;. The summed E-state index contributed by atoms with van der Waals surface area (Å²) >= 11 is 0. The average molecular weight is 504 g/mol. The van der Waals surface area contributed by atoms with Crippen molar-refractivity contribution in [3.63, 3.8) is 0 Å². The summed E-state index contributed by atoms with van der Waals surface area (Å²) in [7, 11) is 0. The van der Waals surface area contributed by atoms with E-state index < -0.39 is 0 Å². The fraction of sp³-hybridized carbons (Fsp3) is 0.667. The third-order valence-corrected chi connectivity index (χ3v) is 4.49. The topological polar surface area (TPSA) is 73.5 Å². The monoisotopic (exact) mass is 504 g/mol. The van der Waals surface area contributed by atoms with Crippen LogP contribution in [0, 0.1) is 0 Å². The zero-order valence-corrected chi connectivity index (χ0v) is 19.6. The Hall–Kier alpha value is -0.759. The second-order valence-corrected chi connectivity index (χ2v) is 7.40. The molecule has 2 aliphatic rings. The van der Waals surface area contributed by atoms with E-state index in [1.807, 2.05) is 24.3 Å². The molecule has 0 spiro atoms. The van der Waals surface area contributed by atoms with Gasteiger partial charge in [0.25, 0.3) is 0 Å². The normalized spacial score (nSPS) is 19.5. The molecule has 172 valence electrons. The van der Waals surface area contributed by atoms with E-state index >= 15 is 0 Å². The molecule has 0 atom stereocenters. The van der Waals surface area contributed by atoms with Crippen LogP contribution in [0.15, 0.2) is 44.3 Å². The van der Waals surface area contributed by atoms with Gasteiger partial charge in [0.15, 0.2) is 0 Å². The van der Waals surface area contributed by atoms with Gasteiger partial charge in [-0.2, -0.15) is 0 Å². The van der Waals surface area contributed by atoms with Crippen molar-refractivity contribution in [3.8, 4) is 0 Å². The summed E-state index contributed by atoms with van der Waals surface area (Å²) in [5.41, 5.74) is 0. The summed E-state index contributed by atoms with van der Waals surface area (Å²) in [6.45, 7) is 12.3. The van der Waals surface area contributed by atoms with Crippen molar-refractivity contribution in [3.05, 3.63) is 24.3 Å². The van der Waals surface area contributed by atoms with Gasteiger partial charge in [0.1, 0.15) is 23.3 Å². The molecule has 2 rings (SSSR count). The molecule has 7 heteroatoms. The summed E-state index contributed by atoms with van der Waals surface area (Å²) in [5, 5.41) is 6.40. The van der Waals surface area contributed by atoms with Crippen LogP contribution in [-0.4, -0.2) is 95.0 Å². The van der Waals surface area contributed by atoms with Gasteiger partial charge in [0.05, 0.1) is 0 Å². The Morgan fingerprint density at radius 3 is 0.903 bits per heavy atom. The van der Waals surface area contributed by atoms with Crippen molar-refractivity contribution in [2.75, 3.05) is 26.2 Å². The van der Waals surface area contributed by atoms with Crippen molar-refractivity contribution in [1.82, 2.24) is 10.6 Å². The summed E-state index contributed by atoms with van der Waals surface area (Å²) in [4.78, 5) is 17.7. The van der Waals surface area contributed by atoms with Crippen molar-refractivity contribution in [2.45, 2.75) is 79.1 Å². The summed E-state index contributed by atoms with van der Waals surface area (Å²) in [5.74, 6) is 3.83. The Morgan fingerprint density at radius 2 is 0.710 bits per heavy atom. The quantitative estimate of drug-likeness (QED) is 0.310. The predicted octanol–water partition coefficient (Wildman–Crippen LogP) is 4.17. The Morgan fingerprint density at radius 1 is 0.484 bits per heavy atom. The zero-order valence-electron chi connectivity index (χ0n) is 19.6. The second kappa shape index (κ2) is 21.1. The van der Waals surface area contributed by atoms with Gasteiger partial charge in [0.2, 0.25) is 0 Å². The molecule has 0 radical (unpaired) electrons. The van der Waals surface area contributed by atoms with E-state index in [9.17, 15) is 0 Å². The number of nitrogens with zero attached hydrogens (tertiary/aromatic N) is 4. The maximum absolute atomic E-state index is 4.43. The first kappa shape index (κ1) is 30.2. The summed E-state index contributed by atoms with van der Waals surface area (Å²) < 4.78 is 0. The molecule has 6 nitrogen and oxygen atoms in total. The Kier molecular flexibility index (Phi) is 20.6. The predicted molar refractivity (Wildman–Crippen MR) is 142 cm³/mol. The molecular formula is C24H44N6Sr. The molecule has 0 unspecified atom stereocenters. The number of hydrogen-bond donors (Lipinski definition) is 2. The molecule has 0 saturated heterocycles. The van der Waals surface area contributed by atoms with E-state index in [1.54, 1.807) is 0 Å². The molecule has 2 heterocycles. The number of rotatable bonds is 12. The number of nitrogens with one attached hydrogen (secondary N) is 2. The van der Waals surface area contributed by atoms with E-state index in [-0.39, 0.29) is 45.5 Å². The molecular weight excluding hydrogens is 460 g/mol. The molecule has 0 amide bonds. The van der Waals surface area contributed by atoms with Crippen LogP contribution in [0.25, 0.3) is 0 Å². The van der Waals surface area contributed by atoms with E-state index in [0.717, 1.165) is 75.2 Å². The molecule has 0 fully saturated rings. The van der Waals surface area contributed by atoms with Crippen LogP contribution in [-0.2, 0) is 0 Å². The third kappa shape index (κ3) is 15.6. The van der Waals surface area contributed by atoms with Gasteiger partial charge in [0, 0.05) is 26.2 Å². The number of unbranched alkanes of at least 4 members (excludes halogenated alkanes) is 4. The SMILES string of the molecule is CCCCN=C1C=CC(=NCCCC)N1.CCCCN=C1C=CC(=NCCCC)N1.[SrH2]. The van der Waals surface area contributed by atoms with Crippen LogP contribution >= 0.6 is 0 Å². The molecule has 2 N–H and O–H groups in total. The van der Waals surface area contributed by atoms with E-state index in [1.165, 1.54) is 25.7 Å². The van der Waals surface area contributed by atoms with Gasteiger partial charge in [-0.3, -0.25) is 20.0 Å². The number of hydrogen-bond acceptors (Lipinski definition) is 4. The summed E-state index contributed by atoms with van der Waals surface area (Å²) in [6, 6.07) is 0. The van der Waals surface area contributed by atoms with E-state index in [0.29, 0.717) is 0 Å². The van der Waals surface area contributed by atoms with Gasteiger partial charge in [-0.1, -0.05) is 53.4 Å². The number of aliphatic imine (C=N–C) groups is 4. The van der Waals surface area contributed by atoms with Gasteiger partial charge in [-0.05, 0) is 50.0 Å². The van der Waals surface area contributed by atoms with E-state index in [2.05, 4.69) is 58.3 Å². The third-order valence-electron chi connectivity index (χ3n) is 4.49. The Balaban J connectivity index is 0.000000562. The van der Waals surface area contributed by atoms with Crippen molar-refractivity contribution in [1.29, 1.82) is 0 Å². The van der Waals surface area contributed by atoms with Gasteiger partial charge in [-0.25, -0.2) is 0 Å². The van der Waals surface area contributed by atoms with Crippen molar-refractivity contribution < 1.29 is 0 Å². The van der Waals surface area contributed by atoms with Crippen molar-refractivity contribution >= 4 is 68.8 Å². The van der Waals surface area contributed by atoms with Crippen LogP contribution in [0.5, 0.6) is 0 Å². The van der Waals surface area contributed by atoms with Gasteiger partial charge < -0.3 is 10.6 Å². The van der Waals surface area contributed by atoms with Crippen LogP contribution in [0.2, 0.25) is 0 Å². The molecule has 0 aromatic rings. The minimum atomic E-state index is 0. The summed E-state index contributed by atoms with van der Waals surface area (Å²) in [6.07, 6.45) is 17.4. The van der Waals surface area contributed by atoms with Crippen LogP contribution < -0.4 is 10.6 Å². The molecule has 0 aromatic carbocycles. The maximum atomic E-state index is 4.43. The Labute approximate surface area is 227 Å². The molecule has 0 aromatic heterocycles. The molecule has 0 aliphatic carbocycles. The minimum absolute atomic E-state index is 0. The number of amidine groups is 4. The van der Waals surface area contributed by atoms with Crippen molar-refractivity contribution in [2.24, 2.45) is 20.0 Å². The average Bonchev–Trinajstić information content (AvgIpc) is 3.39. The van der Waals surface area contributed by atoms with E-state index in [4.69, 9.17) is 0 Å². The fourth-order valence-electron chi connectivity index (χ4n) is 2.54. The molecule has 0 bridgehead atoms. The fourth-order valence-corrected chi connectivity index (χ4v) is 2.54. The molecule has 31 heavy (non-hydrogen) atoms. The first-order valence-corrected chi connectivity index (χ1v) is 11.8. The first-order valence-electron chi connectivity index (χ1n) is 11.8. The van der Waals surface area contributed by atoms with Gasteiger partial charge in [-0.15, -0.1) is 0 Å². The second-order valence-electron chi connectivity index (χ2n) is 7.40. The van der Waals surface area contributed by atoms with Crippen LogP contribution in [0.1, 0.15) is 79.1 Å².